The van der Waals surface area contributed by atoms with Crippen LogP contribution in [-0.2, 0) is 30.3 Å². The molecule has 312 valence electrons. The Kier molecular flexibility index (Phi) is 31.2. The van der Waals surface area contributed by atoms with Gasteiger partial charge in [-0.3, -0.25) is 24.6 Å². The van der Waals surface area contributed by atoms with E-state index in [9.17, 15) is 24.0 Å². The third kappa shape index (κ3) is 26.0. The number of carbonyl (C=O) groups excluding carboxylic acids is 5. The summed E-state index contributed by atoms with van der Waals surface area (Å²) in [4.78, 5) is 61.1. The minimum atomic E-state index is -0.395. The number of nitrogens with one attached hydrogen (secondary N) is 4. The van der Waals surface area contributed by atoms with Crippen LogP contribution in [0.15, 0.2) is 42.5 Å². The van der Waals surface area contributed by atoms with Crippen molar-refractivity contribution in [3.05, 3.63) is 48.0 Å². The molecule has 2 fully saturated rings. The van der Waals surface area contributed by atoms with Crippen molar-refractivity contribution in [3.63, 3.8) is 0 Å². The largest absolute Gasteiger partial charge is 0.446 e. The second-order valence-corrected chi connectivity index (χ2v) is 13.6. The highest BCUT2D eigenvalue weighted by Gasteiger charge is 2.30. The molecule has 1 aliphatic carbocycles. The summed E-state index contributed by atoms with van der Waals surface area (Å²) in [5.41, 5.74) is 11.3. The molecule has 1 aromatic carbocycles. The van der Waals surface area contributed by atoms with Crippen molar-refractivity contribution in [2.75, 3.05) is 59.9 Å². The van der Waals surface area contributed by atoms with Crippen LogP contribution in [0, 0.1) is 5.41 Å². The van der Waals surface area contributed by atoms with E-state index in [1.165, 1.54) is 16.9 Å². The summed E-state index contributed by atoms with van der Waals surface area (Å²) in [5, 5.41) is 14.1. The zero-order valence-corrected chi connectivity index (χ0v) is 33.9. The monoisotopic (exact) mass is 774 g/mol. The molecule has 3 unspecified atom stereocenters. The van der Waals surface area contributed by atoms with Crippen molar-refractivity contribution >= 4 is 37.1 Å². The molecule has 2 heterocycles. The SMILES string of the molecule is CC(N)Cc1ccccc1.CCCNC.CN(CCCNC=O)C(=O)OC1CC/C=C\CCC1.N=CN.O=CN1CCCC1C(=O)NCC(=O)N1CCCC1. The zero-order valence-electron chi connectivity index (χ0n) is 33.9. The zero-order chi connectivity index (χ0) is 41.1. The maximum Gasteiger partial charge on any atom is 0.409 e. The van der Waals surface area contributed by atoms with E-state index in [0.717, 1.165) is 90.2 Å². The summed E-state index contributed by atoms with van der Waals surface area (Å²) in [6, 6.07) is 10.2. The Morgan fingerprint density at radius 1 is 1.00 bits per heavy atom. The van der Waals surface area contributed by atoms with Gasteiger partial charge in [0.2, 0.25) is 24.6 Å². The lowest BCUT2D eigenvalue weighted by molar-refractivity contribution is -0.134. The van der Waals surface area contributed by atoms with E-state index in [2.05, 4.69) is 52.9 Å². The summed E-state index contributed by atoms with van der Waals surface area (Å²) in [6.45, 7) is 8.73. The van der Waals surface area contributed by atoms with Gasteiger partial charge >= 0.3 is 6.09 Å². The van der Waals surface area contributed by atoms with E-state index in [0.29, 0.717) is 38.9 Å². The molecule has 1 aromatic rings. The molecular weight excluding hydrogens is 702 g/mol. The van der Waals surface area contributed by atoms with Crippen LogP contribution >= 0.6 is 0 Å². The van der Waals surface area contributed by atoms with Crippen LogP contribution in [0.2, 0.25) is 0 Å². The molecule has 0 saturated carbocycles. The Balaban J connectivity index is 0.000000746. The molecule has 3 atom stereocenters. The molecule has 3 aliphatic rings. The highest BCUT2D eigenvalue weighted by atomic mass is 16.6. The number of benzene rings is 1. The molecule has 55 heavy (non-hydrogen) atoms. The Morgan fingerprint density at radius 2 is 1.67 bits per heavy atom. The minimum absolute atomic E-state index is 0.0310. The summed E-state index contributed by atoms with van der Waals surface area (Å²) in [5.74, 6) is -0.247. The van der Waals surface area contributed by atoms with E-state index >= 15 is 0 Å². The quantitative estimate of drug-likeness (QED) is 0.0538. The second-order valence-electron chi connectivity index (χ2n) is 13.6. The molecule has 0 spiro atoms. The summed E-state index contributed by atoms with van der Waals surface area (Å²) in [7, 11) is 3.69. The van der Waals surface area contributed by atoms with E-state index in [1.54, 1.807) is 16.8 Å². The van der Waals surface area contributed by atoms with Crippen LogP contribution in [0.25, 0.3) is 0 Å². The van der Waals surface area contributed by atoms with Gasteiger partial charge in [0.1, 0.15) is 12.1 Å². The topological polar surface area (TPSA) is 216 Å². The highest BCUT2D eigenvalue weighted by Crippen LogP contribution is 2.17. The van der Waals surface area contributed by atoms with E-state index in [-0.39, 0.29) is 36.6 Å². The number of nitrogens with zero attached hydrogens (tertiary/aromatic N) is 3. The van der Waals surface area contributed by atoms with E-state index < -0.39 is 6.04 Å². The van der Waals surface area contributed by atoms with Gasteiger partial charge in [-0.05, 0) is 103 Å². The number of hydrogen-bond acceptors (Lipinski definition) is 9. The predicted octanol–water partition coefficient (Wildman–Crippen LogP) is 3.17. The Bertz CT molecular complexity index is 1200. The first kappa shape index (κ1) is 50.5. The maximum atomic E-state index is 11.9. The van der Waals surface area contributed by atoms with Gasteiger partial charge in [0.15, 0.2) is 0 Å². The van der Waals surface area contributed by atoms with Crippen LogP contribution in [0.5, 0.6) is 0 Å². The predicted molar refractivity (Wildman–Crippen MR) is 219 cm³/mol. The number of hydrogen-bond donors (Lipinski definition) is 6. The van der Waals surface area contributed by atoms with Crippen molar-refractivity contribution in [2.45, 2.75) is 109 Å². The fourth-order valence-corrected chi connectivity index (χ4v) is 5.84. The first-order valence-electron chi connectivity index (χ1n) is 19.7. The molecule has 2 saturated heterocycles. The average Bonchev–Trinajstić information content (AvgIpc) is 3.88. The van der Waals surface area contributed by atoms with E-state index in [4.69, 9.17) is 15.9 Å². The number of rotatable bonds is 14. The molecule has 0 bridgehead atoms. The third-order valence-electron chi connectivity index (χ3n) is 8.70. The van der Waals surface area contributed by atoms with Gasteiger partial charge in [-0.1, -0.05) is 49.4 Å². The van der Waals surface area contributed by atoms with Crippen molar-refractivity contribution in [3.8, 4) is 0 Å². The molecule has 0 radical (unpaired) electrons. The minimum Gasteiger partial charge on any atom is -0.446 e. The van der Waals surface area contributed by atoms with Crippen LogP contribution in [0.1, 0.15) is 90.0 Å². The highest BCUT2D eigenvalue weighted by molar-refractivity contribution is 5.88. The standard InChI is InChI=1S/C14H24N2O3.C12H19N3O3.C9H13N.C4H11N.CH4N2/c1-16(11-7-10-15-12-17)14(18)19-13-8-5-3-2-4-6-9-13;16-9-15-7-3-4-10(15)12(18)13-8-11(17)14-5-1-2-6-14;1-8(10)7-9-5-3-2-4-6-9;1-3-4-5-2;2-1-3/h2-3,12-13H,4-11H2,1H3,(H,15,17);9-10H,1-8H2,(H,13,18);2-6,8H,7,10H2,1H3;5H,3-4H2,1-2H3;1H,(H3,2,3)/b3-2-;;;;. The first-order chi connectivity index (χ1) is 26.6. The van der Waals surface area contributed by atoms with Crippen LogP contribution < -0.4 is 27.4 Å². The van der Waals surface area contributed by atoms with Gasteiger partial charge in [0.05, 0.1) is 12.9 Å². The fraction of sp³-hybridized carbons (Fsp3) is 0.650. The molecule has 2 aliphatic heterocycles. The number of ether oxygens (including phenoxy) is 1. The van der Waals surface area contributed by atoms with Gasteiger partial charge in [0, 0.05) is 45.8 Å². The number of likely N-dealkylation sites (tertiary alicyclic amines) is 2. The van der Waals surface area contributed by atoms with Crippen molar-refractivity contribution < 1.29 is 28.7 Å². The molecule has 15 heteroatoms. The Labute approximate surface area is 329 Å². The number of nitrogens with two attached hydrogens (primary N) is 2. The fourth-order valence-electron chi connectivity index (χ4n) is 5.84. The average molecular weight is 774 g/mol. The van der Waals surface area contributed by atoms with Crippen molar-refractivity contribution in [2.24, 2.45) is 11.5 Å². The Morgan fingerprint density at radius 3 is 2.25 bits per heavy atom. The third-order valence-corrected chi connectivity index (χ3v) is 8.70. The van der Waals surface area contributed by atoms with Gasteiger partial charge in [0.25, 0.3) is 0 Å². The molecule has 5 amide bonds. The Hall–Kier alpha value is -4.50. The van der Waals surface area contributed by atoms with Gasteiger partial charge in [-0.25, -0.2) is 4.79 Å². The summed E-state index contributed by atoms with van der Waals surface area (Å²) < 4.78 is 5.51. The van der Waals surface area contributed by atoms with Crippen molar-refractivity contribution in [1.82, 2.24) is 30.7 Å². The summed E-state index contributed by atoms with van der Waals surface area (Å²) in [6.07, 6.45) is 17.8. The number of amides is 5. The lowest BCUT2D eigenvalue weighted by Gasteiger charge is -2.23. The van der Waals surface area contributed by atoms with Gasteiger partial charge in [-0.2, -0.15) is 0 Å². The molecular formula is C40H71N9O6. The molecule has 4 rings (SSSR count). The van der Waals surface area contributed by atoms with Crippen molar-refractivity contribution in [1.29, 1.82) is 5.41 Å². The van der Waals surface area contributed by atoms with Gasteiger partial charge in [-0.15, -0.1) is 0 Å². The number of carbonyl (C=O) groups is 5. The van der Waals surface area contributed by atoms with Crippen LogP contribution in [0.4, 0.5) is 4.79 Å². The molecule has 0 aromatic heterocycles. The number of allylic oxidation sites excluding steroid dienone is 2. The first-order valence-corrected chi connectivity index (χ1v) is 19.7. The lowest BCUT2D eigenvalue weighted by Crippen LogP contribution is -2.46. The molecule has 15 nitrogen and oxygen atoms in total. The second kappa shape index (κ2) is 34.0. The van der Waals surface area contributed by atoms with Crippen LogP contribution in [0.3, 0.4) is 0 Å². The molecule has 8 N–H and O–H groups in total. The van der Waals surface area contributed by atoms with Crippen LogP contribution in [-0.4, -0.2) is 130 Å². The smallest absolute Gasteiger partial charge is 0.409 e. The summed E-state index contributed by atoms with van der Waals surface area (Å²) >= 11 is 0. The normalized spacial score (nSPS) is 18.1. The van der Waals surface area contributed by atoms with Gasteiger partial charge < -0.3 is 46.9 Å². The lowest BCUT2D eigenvalue weighted by atomic mass is 10.0. The maximum absolute atomic E-state index is 11.9. The van der Waals surface area contributed by atoms with E-state index in [1.807, 2.05) is 32.2 Å².